The Kier molecular flexibility index (Phi) is 5.06. The molecule has 5 nitrogen and oxygen atoms in total. The van der Waals surface area contributed by atoms with Crippen LogP contribution in [0.5, 0.6) is 5.75 Å². The van der Waals surface area contributed by atoms with E-state index >= 15 is 0 Å². The van der Waals surface area contributed by atoms with Crippen molar-refractivity contribution in [3.05, 3.63) is 23.5 Å². The van der Waals surface area contributed by atoms with E-state index in [4.69, 9.17) is 0 Å². The second-order valence-corrected chi connectivity index (χ2v) is 7.31. The van der Waals surface area contributed by atoms with Gasteiger partial charge in [-0.05, 0) is 19.9 Å². The quantitative estimate of drug-likeness (QED) is 0.649. The number of halogens is 4. The maximum Gasteiger partial charge on any atom is 0.419 e. The number of nitrogens with one attached hydrogen (secondary N) is 1. The summed E-state index contributed by atoms with van der Waals surface area (Å²) in [6.07, 6.45) is -5.03. The second kappa shape index (κ2) is 6.11. The molecule has 124 valence electrons. The molecular formula is C12H13F4NO4S. The molecule has 22 heavy (non-hydrogen) atoms. The Hall–Kier alpha value is -1.84. The first-order chi connectivity index (χ1) is 9.84. The molecule has 0 saturated heterocycles. The van der Waals surface area contributed by atoms with Crippen LogP contribution in [0.2, 0.25) is 0 Å². The number of phenolic OH excluding ortho intramolecular Hbond substituents is 1. The summed E-state index contributed by atoms with van der Waals surface area (Å²) in [6.45, 7) is 2.67. The van der Waals surface area contributed by atoms with Crippen LogP contribution >= 0.6 is 0 Å². The minimum absolute atomic E-state index is 0.190. The number of benzene rings is 1. The van der Waals surface area contributed by atoms with Gasteiger partial charge in [-0.15, -0.1) is 0 Å². The highest BCUT2D eigenvalue weighted by Crippen LogP contribution is 2.36. The standard InChI is InChI=1S/C12H13F4NO4S/c1-6(2)22(20,21)5-11(19)17-9-3-7(12(14,15)16)8(13)4-10(9)18/h3-4,6,18H,5H2,1-2H3,(H,17,19). The van der Waals surface area contributed by atoms with Crippen molar-refractivity contribution in [3.63, 3.8) is 0 Å². The Morgan fingerprint density at radius 2 is 1.86 bits per heavy atom. The predicted octanol–water partition coefficient (Wildman–Crippen LogP) is 2.31. The van der Waals surface area contributed by atoms with Crippen molar-refractivity contribution in [2.24, 2.45) is 0 Å². The molecule has 0 radical (unpaired) electrons. The number of aromatic hydroxyl groups is 1. The topological polar surface area (TPSA) is 83.5 Å². The number of carbonyl (C=O) groups is 1. The van der Waals surface area contributed by atoms with Gasteiger partial charge in [-0.2, -0.15) is 13.2 Å². The van der Waals surface area contributed by atoms with Gasteiger partial charge in [-0.3, -0.25) is 4.79 Å². The van der Waals surface area contributed by atoms with Gasteiger partial charge in [0.2, 0.25) is 5.91 Å². The molecule has 1 aromatic carbocycles. The van der Waals surface area contributed by atoms with Crippen LogP contribution in [0.15, 0.2) is 12.1 Å². The number of hydrogen-bond acceptors (Lipinski definition) is 4. The van der Waals surface area contributed by atoms with Crippen LogP contribution in [-0.4, -0.2) is 30.4 Å². The van der Waals surface area contributed by atoms with Crippen LogP contribution in [0.3, 0.4) is 0 Å². The molecule has 0 aliphatic carbocycles. The Morgan fingerprint density at radius 3 is 2.32 bits per heavy atom. The van der Waals surface area contributed by atoms with Gasteiger partial charge in [0.15, 0.2) is 9.84 Å². The highest BCUT2D eigenvalue weighted by molar-refractivity contribution is 7.92. The Labute approximate surface area is 123 Å². The maximum atomic E-state index is 13.2. The first-order valence-corrected chi connectivity index (χ1v) is 7.67. The normalized spacial score (nSPS) is 12.5. The number of phenols is 1. The minimum atomic E-state index is -5.03. The van der Waals surface area contributed by atoms with E-state index < -0.39 is 55.7 Å². The van der Waals surface area contributed by atoms with Crippen LogP contribution in [0.25, 0.3) is 0 Å². The van der Waals surface area contributed by atoms with E-state index in [-0.39, 0.29) is 12.1 Å². The summed E-state index contributed by atoms with van der Waals surface area (Å²) in [6, 6.07) is 0.389. The van der Waals surface area contributed by atoms with Gasteiger partial charge in [0.25, 0.3) is 0 Å². The van der Waals surface area contributed by atoms with Gasteiger partial charge in [-0.1, -0.05) is 0 Å². The number of alkyl halides is 3. The van der Waals surface area contributed by atoms with Gasteiger partial charge in [-0.25, -0.2) is 12.8 Å². The lowest BCUT2D eigenvalue weighted by Crippen LogP contribution is -2.28. The highest BCUT2D eigenvalue weighted by Gasteiger charge is 2.35. The number of anilines is 1. The zero-order chi connectivity index (χ0) is 17.3. The van der Waals surface area contributed by atoms with Gasteiger partial charge in [0, 0.05) is 6.07 Å². The van der Waals surface area contributed by atoms with Crippen molar-refractivity contribution in [2.45, 2.75) is 25.3 Å². The molecule has 10 heteroatoms. The van der Waals surface area contributed by atoms with E-state index in [1.54, 1.807) is 0 Å². The fraction of sp³-hybridized carbons (Fsp3) is 0.417. The van der Waals surface area contributed by atoms with Crippen LogP contribution in [0, 0.1) is 5.82 Å². The molecule has 0 saturated carbocycles. The molecule has 0 heterocycles. The van der Waals surface area contributed by atoms with E-state index in [0.29, 0.717) is 0 Å². The van der Waals surface area contributed by atoms with E-state index in [1.165, 1.54) is 13.8 Å². The number of rotatable bonds is 4. The zero-order valence-corrected chi connectivity index (χ0v) is 12.3. The molecule has 1 rings (SSSR count). The van der Waals surface area contributed by atoms with Crippen LogP contribution in [0.1, 0.15) is 19.4 Å². The summed E-state index contributed by atoms with van der Waals surface area (Å²) < 4.78 is 73.9. The lowest BCUT2D eigenvalue weighted by Gasteiger charge is -2.13. The summed E-state index contributed by atoms with van der Waals surface area (Å²) in [5.41, 5.74) is -2.41. The Bertz CT molecular complexity index is 683. The van der Waals surface area contributed by atoms with E-state index in [2.05, 4.69) is 0 Å². The molecule has 0 spiro atoms. The summed E-state index contributed by atoms with van der Waals surface area (Å²) >= 11 is 0. The zero-order valence-electron chi connectivity index (χ0n) is 11.5. The van der Waals surface area contributed by atoms with Crippen LogP contribution in [-0.2, 0) is 20.8 Å². The van der Waals surface area contributed by atoms with E-state index in [1.807, 2.05) is 5.32 Å². The second-order valence-electron chi connectivity index (χ2n) is 4.75. The molecular weight excluding hydrogens is 330 g/mol. The van der Waals surface area contributed by atoms with Crippen molar-refractivity contribution >= 4 is 21.4 Å². The van der Waals surface area contributed by atoms with Crippen LogP contribution < -0.4 is 5.32 Å². The lowest BCUT2D eigenvalue weighted by atomic mass is 10.1. The monoisotopic (exact) mass is 343 g/mol. The van der Waals surface area contributed by atoms with Gasteiger partial charge in [0.05, 0.1) is 16.5 Å². The van der Waals surface area contributed by atoms with Gasteiger partial charge in [0.1, 0.15) is 17.3 Å². The summed E-state index contributed by atoms with van der Waals surface area (Å²) in [7, 11) is -3.77. The molecule has 1 aromatic rings. The number of sulfone groups is 1. The first-order valence-electron chi connectivity index (χ1n) is 5.95. The lowest BCUT2D eigenvalue weighted by molar-refractivity contribution is -0.140. The molecule has 0 aromatic heterocycles. The van der Waals surface area contributed by atoms with E-state index in [0.717, 1.165) is 0 Å². The predicted molar refractivity (Wildman–Crippen MR) is 70.6 cm³/mol. The number of amides is 1. The molecule has 0 unspecified atom stereocenters. The smallest absolute Gasteiger partial charge is 0.419 e. The van der Waals surface area contributed by atoms with Gasteiger partial charge < -0.3 is 10.4 Å². The van der Waals surface area contributed by atoms with Crippen molar-refractivity contribution in [3.8, 4) is 5.75 Å². The Morgan fingerprint density at radius 1 is 1.32 bits per heavy atom. The van der Waals surface area contributed by atoms with Crippen LogP contribution in [0.4, 0.5) is 23.2 Å². The minimum Gasteiger partial charge on any atom is -0.506 e. The molecule has 0 aliphatic rings. The summed E-state index contributed by atoms with van der Waals surface area (Å²) in [5.74, 6) is -4.76. The van der Waals surface area contributed by atoms with Crippen molar-refractivity contribution < 1.29 is 35.9 Å². The third kappa shape index (κ3) is 4.33. The third-order valence-electron chi connectivity index (χ3n) is 2.72. The van der Waals surface area contributed by atoms with Crippen molar-refractivity contribution in [1.82, 2.24) is 0 Å². The average Bonchev–Trinajstić information content (AvgIpc) is 2.30. The van der Waals surface area contributed by atoms with E-state index in [9.17, 15) is 35.9 Å². The molecule has 0 fully saturated rings. The molecule has 0 bridgehead atoms. The third-order valence-corrected chi connectivity index (χ3v) is 4.82. The number of carbonyl (C=O) groups excluding carboxylic acids is 1. The van der Waals surface area contributed by atoms with Crippen molar-refractivity contribution in [1.29, 1.82) is 0 Å². The summed E-state index contributed by atoms with van der Waals surface area (Å²) in [4.78, 5) is 11.6. The fourth-order valence-electron chi connectivity index (χ4n) is 1.42. The highest BCUT2D eigenvalue weighted by atomic mass is 32.2. The molecule has 0 aliphatic heterocycles. The fourth-order valence-corrected chi connectivity index (χ4v) is 2.19. The average molecular weight is 343 g/mol. The van der Waals surface area contributed by atoms with Gasteiger partial charge >= 0.3 is 6.18 Å². The SMILES string of the molecule is CC(C)S(=O)(=O)CC(=O)Nc1cc(C(F)(F)F)c(F)cc1O. The molecule has 1 amide bonds. The maximum absolute atomic E-state index is 13.2. The van der Waals surface area contributed by atoms with Crippen molar-refractivity contribution in [2.75, 3.05) is 11.1 Å². The molecule has 0 atom stereocenters. The first kappa shape index (κ1) is 18.2. The summed E-state index contributed by atoms with van der Waals surface area (Å²) in [5, 5.41) is 10.3. The Balaban J connectivity index is 3.07. The largest absolute Gasteiger partial charge is 0.506 e. The molecule has 2 N–H and O–H groups in total. The number of hydrogen-bond donors (Lipinski definition) is 2.